The highest BCUT2D eigenvalue weighted by Crippen LogP contribution is 2.24. The molecule has 0 aromatic heterocycles. The lowest BCUT2D eigenvalue weighted by Gasteiger charge is -2.30. The summed E-state index contributed by atoms with van der Waals surface area (Å²) < 4.78 is 10.9. The van der Waals surface area contributed by atoms with Gasteiger partial charge in [-0.3, -0.25) is 24.5 Å². The van der Waals surface area contributed by atoms with E-state index in [9.17, 15) is 24.0 Å². The van der Waals surface area contributed by atoms with Gasteiger partial charge in [0, 0.05) is 20.0 Å². The number of nitrogens with one attached hydrogen (secondary N) is 2. The van der Waals surface area contributed by atoms with Crippen molar-refractivity contribution < 1.29 is 33.4 Å². The van der Waals surface area contributed by atoms with E-state index in [4.69, 9.17) is 9.47 Å². The Morgan fingerprint density at radius 2 is 1.94 bits per heavy atom. The second-order valence-corrected chi connectivity index (χ2v) is 9.06. The smallest absolute Gasteiger partial charge is 0.407 e. The van der Waals surface area contributed by atoms with Gasteiger partial charge in [0.15, 0.2) is 6.29 Å². The number of alkyl carbamates (subject to hydrolysis) is 1. The van der Waals surface area contributed by atoms with E-state index < -0.39 is 29.6 Å². The fraction of sp³-hybridized carbons (Fsp3) is 0.542. The number of likely N-dealkylation sites (N-methyl/N-ethyl adjacent to an activating group) is 1. The van der Waals surface area contributed by atoms with Gasteiger partial charge in [-0.25, -0.2) is 4.79 Å². The van der Waals surface area contributed by atoms with Gasteiger partial charge in [-0.2, -0.15) is 0 Å². The molecule has 0 saturated carbocycles. The molecule has 4 amide bonds. The van der Waals surface area contributed by atoms with Gasteiger partial charge in [0.05, 0.1) is 17.7 Å². The molecule has 10 heteroatoms. The molecule has 0 radical (unpaired) electrons. The molecule has 1 saturated heterocycles. The number of nitrogens with zero attached hydrogens (tertiary/aromatic N) is 1. The zero-order valence-electron chi connectivity index (χ0n) is 20.1. The summed E-state index contributed by atoms with van der Waals surface area (Å²) in [7, 11) is 1.47. The van der Waals surface area contributed by atoms with Gasteiger partial charge in [-0.15, -0.1) is 0 Å². The van der Waals surface area contributed by atoms with E-state index in [1.54, 1.807) is 32.9 Å². The van der Waals surface area contributed by atoms with Crippen molar-refractivity contribution in [2.75, 3.05) is 20.2 Å². The van der Waals surface area contributed by atoms with Gasteiger partial charge < -0.3 is 19.7 Å². The number of piperidine rings is 1. The van der Waals surface area contributed by atoms with Crippen LogP contribution in [0.3, 0.4) is 0 Å². The van der Waals surface area contributed by atoms with Crippen LogP contribution in [0.5, 0.6) is 5.75 Å². The maximum Gasteiger partial charge on any atom is 0.407 e. The molecule has 0 aliphatic carbocycles. The molecule has 1 aromatic carbocycles. The van der Waals surface area contributed by atoms with E-state index in [2.05, 4.69) is 10.6 Å². The predicted molar refractivity (Wildman–Crippen MR) is 124 cm³/mol. The minimum absolute atomic E-state index is 0.109. The first-order valence-electron chi connectivity index (χ1n) is 11.3. The molecular weight excluding hydrogens is 442 g/mol. The number of hydrogen-bond donors (Lipinski definition) is 2. The summed E-state index contributed by atoms with van der Waals surface area (Å²) >= 11 is 0. The number of carbonyl (C=O) groups is 5. The number of amides is 4. The molecule has 1 unspecified atom stereocenters. The zero-order chi connectivity index (χ0) is 25.3. The molecular formula is C24H33N3O7. The summed E-state index contributed by atoms with van der Waals surface area (Å²) in [6.07, 6.45) is 2.67. The minimum Gasteiger partial charge on any atom is -0.493 e. The topological polar surface area (TPSA) is 131 Å². The normalized spacial score (nSPS) is 15.8. The number of aldehydes is 1. The van der Waals surface area contributed by atoms with Crippen molar-refractivity contribution in [3.05, 3.63) is 29.3 Å². The monoisotopic (exact) mass is 475 g/mol. The highest BCUT2D eigenvalue weighted by atomic mass is 16.6. The average molecular weight is 476 g/mol. The second-order valence-electron chi connectivity index (χ2n) is 9.06. The summed E-state index contributed by atoms with van der Waals surface area (Å²) in [5.41, 5.74) is -0.305. The quantitative estimate of drug-likeness (QED) is 0.302. The molecule has 1 heterocycles. The fourth-order valence-corrected chi connectivity index (χ4v) is 3.45. The van der Waals surface area contributed by atoms with Crippen LogP contribution < -0.4 is 15.4 Å². The van der Waals surface area contributed by atoms with E-state index >= 15 is 0 Å². The summed E-state index contributed by atoms with van der Waals surface area (Å²) in [5.74, 6) is -1.13. The van der Waals surface area contributed by atoms with Crippen LogP contribution in [0.25, 0.3) is 0 Å². The summed E-state index contributed by atoms with van der Waals surface area (Å²) in [4.78, 5) is 61.1. The first kappa shape index (κ1) is 26.8. The van der Waals surface area contributed by atoms with Crippen molar-refractivity contribution >= 4 is 30.1 Å². The standard InChI is InChI=1S/C24H33N3O7/c1-24(2,3)34-23(32)25-13-6-5-7-14-33-19-10-8-9-16(17(19)15-28)22(31)27(4)18-11-12-20(29)26-21(18)30/h8-10,15,18H,5-7,11-14H2,1-4H3,(H,25,32)(H,26,29,30). The third-order valence-corrected chi connectivity index (χ3v) is 5.16. The Hall–Kier alpha value is -3.43. The van der Waals surface area contributed by atoms with E-state index in [0.717, 1.165) is 12.8 Å². The van der Waals surface area contributed by atoms with Crippen molar-refractivity contribution in [3.63, 3.8) is 0 Å². The van der Waals surface area contributed by atoms with E-state index in [1.807, 2.05) is 0 Å². The van der Waals surface area contributed by atoms with Crippen LogP contribution in [0.15, 0.2) is 18.2 Å². The summed E-state index contributed by atoms with van der Waals surface area (Å²) in [5, 5.41) is 4.92. The van der Waals surface area contributed by atoms with Crippen LogP contribution >= 0.6 is 0 Å². The lowest BCUT2D eigenvalue weighted by atomic mass is 10.0. The molecule has 186 valence electrons. The maximum atomic E-state index is 13.0. The van der Waals surface area contributed by atoms with Gasteiger partial charge in [-0.1, -0.05) is 6.07 Å². The molecule has 1 aliphatic rings. The Morgan fingerprint density at radius 1 is 1.21 bits per heavy atom. The Kier molecular flexibility index (Phi) is 9.58. The Morgan fingerprint density at radius 3 is 2.59 bits per heavy atom. The van der Waals surface area contributed by atoms with Crippen LogP contribution in [-0.2, 0) is 14.3 Å². The second kappa shape index (κ2) is 12.2. The summed E-state index contributed by atoms with van der Waals surface area (Å²) in [6, 6.07) is 3.93. The number of hydrogen-bond acceptors (Lipinski definition) is 7. The van der Waals surface area contributed by atoms with Gasteiger partial charge >= 0.3 is 6.09 Å². The molecule has 0 bridgehead atoms. The van der Waals surface area contributed by atoms with E-state index in [1.165, 1.54) is 18.0 Å². The first-order chi connectivity index (χ1) is 16.0. The van der Waals surface area contributed by atoms with Crippen molar-refractivity contribution in [1.82, 2.24) is 15.5 Å². The highest BCUT2D eigenvalue weighted by molar-refractivity contribution is 6.06. The maximum absolute atomic E-state index is 13.0. The van der Waals surface area contributed by atoms with Crippen LogP contribution in [0.4, 0.5) is 4.79 Å². The molecule has 10 nitrogen and oxygen atoms in total. The van der Waals surface area contributed by atoms with E-state index in [-0.39, 0.29) is 35.6 Å². The van der Waals surface area contributed by atoms with Crippen LogP contribution in [-0.4, -0.2) is 66.8 Å². The molecule has 2 N–H and O–H groups in total. The third-order valence-electron chi connectivity index (χ3n) is 5.16. The Bertz CT molecular complexity index is 924. The van der Waals surface area contributed by atoms with Gasteiger partial charge in [0.1, 0.15) is 17.4 Å². The average Bonchev–Trinajstić information content (AvgIpc) is 2.76. The molecule has 2 rings (SSSR count). The number of rotatable bonds is 10. The number of imide groups is 1. The van der Waals surface area contributed by atoms with Crippen molar-refractivity contribution in [3.8, 4) is 5.75 Å². The number of benzene rings is 1. The zero-order valence-corrected chi connectivity index (χ0v) is 20.1. The van der Waals surface area contributed by atoms with Crippen LogP contribution in [0, 0.1) is 0 Å². The lowest BCUT2D eigenvalue weighted by molar-refractivity contribution is -0.136. The van der Waals surface area contributed by atoms with Crippen LogP contribution in [0.2, 0.25) is 0 Å². The van der Waals surface area contributed by atoms with Crippen molar-refractivity contribution in [2.45, 2.75) is 64.5 Å². The van der Waals surface area contributed by atoms with Crippen LogP contribution in [0.1, 0.15) is 73.6 Å². The molecule has 34 heavy (non-hydrogen) atoms. The number of ether oxygens (including phenoxy) is 2. The van der Waals surface area contributed by atoms with Gasteiger partial charge in [0.25, 0.3) is 5.91 Å². The number of unbranched alkanes of at least 4 members (excludes halogenated alkanes) is 2. The van der Waals surface area contributed by atoms with E-state index in [0.29, 0.717) is 25.9 Å². The molecule has 1 aromatic rings. The largest absolute Gasteiger partial charge is 0.493 e. The molecule has 1 fully saturated rings. The Balaban J connectivity index is 1.87. The first-order valence-corrected chi connectivity index (χ1v) is 11.3. The van der Waals surface area contributed by atoms with Crippen molar-refractivity contribution in [2.24, 2.45) is 0 Å². The molecule has 1 atom stereocenters. The fourth-order valence-electron chi connectivity index (χ4n) is 3.45. The van der Waals surface area contributed by atoms with Gasteiger partial charge in [-0.05, 0) is 58.6 Å². The van der Waals surface area contributed by atoms with Crippen molar-refractivity contribution in [1.29, 1.82) is 0 Å². The molecule has 0 spiro atoms. The predicted octanol–water partition coefficient (Wildman–Crippen LogP) is 2.45. The van der Waals surface area contributed by atoms with Gasteiger partial charge in [0.2, 0.25) is 11.8 Å². The molecule has 1 aliphatic heterocycles. The minimum atomic E-state index is -0.788. The summed E-state index contributed by atoms with van der Waals surface area (Å²) in [6.45, 7) is 6.20. The third kappa shape index (κ3) is 7.86. The SMILES string of the molecule is CN(C(=O)c1cccc(OCCCCCNC(=O)OC(C)(C)C)c1C=O)C1CCC(=O)NC1=O. The Labute approximate surface area is 199 Å². The lowest BCUT2D eigenvalue weighted by Crippen LogP contribution is -2.53. The highest BCUT2D eigenvalue weighted by Gasteiger charge is 2.33. The number of carbonyl (C=O) groups excluding carboxylic acids is 5.